The highest BCUT2D eigenvalue weighted by Crippen LogP contribution is 2.33. The maximum Gasteiger partial charge on any atom is 0.273 e. The SMILES string of the molecule is CC(C)c1ccc(C=C2SC(=S)N(C(=O)c3ccc(I)cc3)C2=O)cc1. The molecule has 132 valence electrons. The van der Waals surface area contributed by atoms with Crippen molar-refractivity contribution in [3.63, 3.8) is 0 Å². The molecule has 1 aliphatic rings. The number of amides is 2. The number of thioether (sulfide) groups is 1. The third kappa shape index (κ3) is 4.07. The Hall–Kier alpha value is -1.51. The molecule has 1 aliphatic heterocycles. The molecule has 6 heteroatoms. The van der Waals surface area contributed by atoms with Crippen molar-refractivity contribution in [2.24, 2.45) is 0 Å². The van der Waals surface area contributed by atoms with Crippen LogP contribution in [0.25, 0.3) is 6.08 Å². The minimum atomic E-state index is -0.387. The van der Waals surface area contributed by atoms with Crippen LogP contribution in [-0.2, 0) is 4.79 Å². The molecule has 0 unspecified atom stereocenters. The van der Waals surface area contributed by atoms with E-state index in [9.17, 15) is 9.59 Å². The van der Waals surface area contributed by atoms with Crippen LogP contribution in [0.4, 0.5) is 0 Å². The van der Waals surface area contributed by atoms with Crippen molar-refractivity contribution in [1.82, 2.24) is 4.90 Å². The van der Waals surface area contributed by atoms with Crippen LogP contribution in [-0.4, -0.2) is 21.0 Å². The van der Waals surface area contributed by atoms with Gasteiger partial charge in [0.1, 0.15) is 0 Å². The van der Waals surface area contributed by atoms with Crippen LogP contribution in [0.15, 0.2) is 53.4 Å². The van der Waals surface area contributed by atoms with E-state index in [0.717, 1.165) is 25.8 Å². The first-order chi connectivity index (χ1) is 12.4. The predicted molar refractivity (Wildman–Crippen MR) is 119 cm³/mol. The lowest BCUT2D eigenvalue weighted by Crippen LogP contribution is -2.34. The molecule has 1 saturated heterocycles. The number of carbonyl (C=O) groups excluding carboxylic acids is 2. The summed E-state index contributed by atoms with van der Waals surface area (Å²) in [5.41, 5.74) is 2.60. The average molecular weight is 493 g/mol. The van der Waals surface area contributed by atoms with E-state index in [4.69, 9.17) is 12.2 Å². The van der Waals surface area contributed by atoms with Crippen molar-refractivity contribution in [2.75, 3.05) is 0 Å². The molecule has 0 atom stereocenters. The fourth-order valence-electron chi connectivity index (χ4n) is 2.49. The van der Waals surface area contributed by atoms with E-state index >= 15 is 0 Å². The molecule has 2 aromatic carbocycles. The van der Waals surface area contributed by atoms with Crippen molar-refractivity contribution in [3.8, 4) is 0 Å². The van der Waals surface area contributed by atoms with Gasteiger partial charge in [-0.1, -0.05) is 62.1 Å². The fraction of sp³-hybridized carbons (Fsp3) is 0.150. The van der Waals surface area contributed by atoms with Gasteiger partial charge in [0.15, 0.2) is 4.32 Å². The lowest BCUT2D eigenvalue weighted by Gasteiger charge is -2.12. The van der Waals surface area contributed by atoms with E-state index in [0.29, 0.717) is 16.4 Å². The number of halogens is 1. The van der Waals surface area contributed by atoms with Crippen LogP contribution in [0.5, 0.6) is 0 Å². The molecular weight excluding hydrogens is 477 g/mol. The number of rotatable bonds is 3. The normalized spacial score (nSPS) is 16.0. The summed E-state index contributed by atoms with van der Waals surface area (Å²) in [5, 5.41) is 0. The van der Waals surface area contributed by atoms with Crippen LogP contribution in [0.3, 0.4) is 0 Å². The lowest BCUT2D eigenvalue weighted by atomic mass is 10.0. The predicted octanol–water partition coefficient (Wildman–Crippen LogP) is 5.46. The Bertz CT molecular complexity index is 902. The number of imide groups is 1. The van der Waals surface area contributed by atoms with Crippen molar-refractivity contribution < 1.29 is 9.59 Å². The van der Waals surface area contributed by atoms with E-state index < -0.39 is 0 Å². The van der Waals surface area contributed by atoms with E-state index in [2.05, 4.69) is 36.4 Å². The number of hydrogen-bond acceptors (Lipinski definition) is 4. The summed E-state index contributed by atoms with van der Waals surface area (Å²) in [7, 11) is 0. The second-order valence-corrected chi connectivity index (χ2v) is 9.07. The Labute approximate surface area is 176 Å². The smallest absolute Gasteiger partial charge is 0.268 e. The summed E-state index contributed by atoms with van der Waals surface area (Å²) in [6.45, 7) is 4.27. The Kier molecular flexibility index (Phi) is 5.94. The monoisotopic (exact) mass is 493 g/mol. The molecule has 1 heterocycles. The largest absolute Gasteiger partial charge is 0.273 e. The molecule has 3 nitrogen and oxygen atoms in total. The average Bonchev–Trinajstić information content (AvgIpc) is 2.89. The van der Waals surface area contributed by atoms with Gasteiger partial charge in [-0.3, -0.25) is 9.59 Å². The zero-order chi connectivity index (χ0) is 18.8. The Morgan fingerprint density at radius 2 is 1.73 bits per heavy atom. The summed E-state index contributed by atoms with van der Waals surface area (Å²) in [5.74, 6) is -0.298. The molecule has 0 aromatic heterocycles. The van der Waals surface area contributed by atoms with Gasteiger partial charge in [0.25, 0.3) is 11.8 Å². The minimum absolute atomic E-state index is 0.267. The Morgan fingerprint density at radius 1 is 1.12 bits per heavy atom. The molecule has 0 aliphatic carbocycles. The third-order valence-electron chi connectivity index (χ3n) is 3.99. The van der Waals surface area contributed by atoms with Gasteiger partial charge >= 0.3 is 0 Å². The summed E-state index contributed by atoms with van der Waals surface area (Å²) < 4.78 is 1.29. The van der Waals surface area contributed by atoms with Gasteiger partial charge in [-0.2, -0.15) is 0 Å². The van der Waals surface area contributed by atoms with Crippen molar-refractivity contribution in [2.45, 2.75) is 19.8 Å². The van der Waals surface area contributed by atoms with Crippen LogP contribution >= 0.6 is 46.6 Å². The first-order valence-corrected chi connectivity index (χ1v) is 10.3. The minimum Gasteiger partial charge on any atom is -0.268 e. The first-order valence-electron chi connectivity index (χ1n) is 8.04. The number of hydrogen-bond donors (Lipinski definition) is 0. The molecule has 2 amide bonds. The quantitative estimate of drug-likeness (QED) is 0.247. The molecule has 2 aromatic rings. The zero-order valence-electron chi connectivity index (χ0n) is 14.2. The van der Waals surface area contributed by atoms with Crippen molar-refractivity contribution in [1.29, 1.82) is 0 Å². The molecule has 0 bridgehead atoms. The van der Waals surface area contributed by atoms with Gasteiger partial charge in [0.2, 0.25) is 0 Å². The molecule has 0 N–H and O–H groups in total. The van der Waals surface area contributed by atoms with Gasteiger partial charge < -0.3 is 0 Å². The molecule has 3 rings (SSSR count). The van der Waals surface area contributed by atoms with Gasteiger partial charge in [-0.05, 0) is 70.0 Å². The van der Waals surface area contributed by atoms with Gasteiger partial charge in [-0.15, -0.1) is 0 Å². The summed E-state index contributed by atoms with van der Waals surface area (Å²) >= 11 is 8.60. The maximum atomic E-state index is 12.7. The van der Waals surface area contributed by atoms with Gasteiger partial charge in [0, 0.05) is 9.13 Å². The van der Waals surface area contributed by atoms with E-state index in [1.807, 2.05) is 36.4 Å². The van der Waals surface area contributed by atoms with Crippen molar-refractivity contribution >= 4 is 68.8 Å². The summed E-state index contributed by atoms with van der Waals surface area (Å²) in [6.07, 6.45) is 1.78. The summed E-state index contributed by atoms with van der Waals surface area (Å²) in [6, 6.07) is 15.1. The first kappa shape index (κ1) is 19.3. The lowest BCUT2D eigenvalue weighted by molar-refractivity contribution is -0.120. The second-order valence-electron chi connectivity index (χ2n) is 6.15. The van der Waals surface area contributed by atoms with Crippen LogP contribution < -0.4 is 0 Å². The van der Waals surface area contributed by atoms with Crippen LogP contribution in [0.2, 0.25) is 0 Å². The molecule has 0 spiro atoms. The van der Waals surface area contributed by atoms with E-state index in [1.165, 1.54) is 5.56 Å². The molecule has 26 heavy (non-hydrogen) atoms. The highest BCUT2D eigenvalue weighted by Gasteiger charge is 2.37. The van der Waals surface area contributed by atoms with Gasteiger partial charge in [0.05, 0.1) is 4.91 Å². The number of carbonyl (C=O) groups is 2. The van der Waals surface area contributed by atoms with E-state index in [-0.39, 0.29) is 16.1 Å². The highest BCUT2D eigenvalue weighted by atomic mass is 127. The fourth-order valence-corrected chi connectivity index (χ4v) is 4.11. The Morgan fingerprint density at radius 3 is 2.31 bits per heavy atom. The number of benzene rings is 2. The highest BCUT2D eigenvalue weighted by molar-refractivity contribution is 14.1. The third-order valence-corrected chi connectivity index (χ3v) is 6.01. The van der Waals surface area contributed by atoms with E-state index in [1.54, 1.807) is 18.2 Å². The second kappa shape index (κ2) is 8.02. The van der Waals surface area contributed by atoms with Gasteiger partial charge in [-0.25, -0.2) is 4.90 Å². The Balaban J connectivity index is 1.84. The number of nitrogens with zero attached hydrogens (tertiary/aromatic N) is 1. The molecular formula is C20H16INO2S2. The standard InChI is InChI=1S/C20H16INO2S2/c1-12(2)14-5-3-13(4-6-14)11-17-19(24)22(20(25)26-17)18(23)15-7-9-16(21)10-8-15/h3-12H,1-2H3. The van der Waals surface area contributed by atoms with Crippen LogP contribution in [0.1, 0.15) is 41.3 Å². The molecule has 1 fully saturated rings. The molecule has 0 saturated carbocycles. The van der Waals surface area contributed by atoms with Crippen molar-refractivity contribution in [3.05, 3.63) is 73.7 Å². The maximum absolute atomic E-state index is 12.7. The van der Waals surface area contributed by atoms with Crippen LogP contribution in [0, 0.1) is 3.57 Å². The molecule has 0 radical (unpaired) electrons. The summed E-state index contributed by atoms with van der Waals surface area (Å²) in [4.78, 5) is 26.9. The topological polar surface area (TPSA) is 37.4 Å². The zero-order valence-corrected chi connectivity index (χ0v) is 18.0. The number of thiocarbonyl (C=S) groups is 1.